The molecule has 0 saturated carbocycles. The van der Waals surface area contributed by atoms with Gasteiger partial charge in [-0.05, 0) is 24.3 Å². The summed E-state index contributed by atoms with van der Waals surface area (Å²) in [5.41, 5.74) is 1.76. The van der Waals surface area contributed by atoms with E-state index in [0.29, 0.717) is 31.2 Å². The maximum atomic E-state index is 12.4. The monoisotopic (exact) mass is 401 g/mol. The number of fused-ring (bicyclic) bond motifs is 1. The zero-order chi connectivity index (χ0) is 19.7. The lowest BCUT2D eigenvalue weighted by Gasteiger charge is -2.35. The Bertz CT molecular complexity index is 1080. The molecule has 0 atom stereocenters. The van der Waals surface area contributed by atoms with Crippen LogP contribution in [0.1, 0.15) is 0 Å². The van der Waals surface area contributed by atoms with Crippen molar-refractivity contribution in [3.05, 3.63) is 52.1 Å². The van der Waals surface area contributed by atoms with Crippen molar-refractivity contribution in [3.8, 4) is 0 Å². The second-order valence-corrected chi connectivity index (χ2v) is 6.73. The molecule has 1 fully saturated rings. The van der Waals surface area contributed by atoms with Crippen molar-refractivity contribution in [2.24, 2.45) is 0 Å². The highest BCUT2D eigenvalue weighted by molar-refractivity contribution is 6.39. The molecule has 0 radical (unpaired) electrons. The highest BCUT2D eigenvalue weighted by Gasteiger charge is 2.26. The fourth-order valence-electron chi connectivity index (χ4n) is 3.05. The fraction of sp³-hybridized carbons (Fsp3) is 0.222. The third-order valence-electron chi connectivity index (χ3n) is 4.49. The van der Waals surface area contributed by atoms with Crippen LogP contribution in [0.25, 0.3) is 11.2 Å². The number of benzene rings is 1. The van der Waals surface area contributed by atoms with E-state index in [2.05, 4.69) is 20.2 Å². The van der Waals surface area contributed by atoms with Crippen molar-refractivity contribution in [1.29, 1.82) is 0 Å². The first kappa shape index (κ1) is 18.1. The molecular weight excluding hydrogens is 386 g/mol. The van der Waals surface area contributed by atoms with Crippen LogP contribution in [0.5, 0.6) is 0 Å². The highest BCUT2D eigenvalue weighted by atomic mass is 35.5. The van der Waals surface area contributed by atoms with Gasteiger partial charge in [-0.1, -0.05) is 11.6 Å². The lowest BCUT2D eigenvalue weighted by atomic mass is 10.2. The Balaban J connectivity index is 1.36. The molecule has 1 aromatic carbocycles. The smallest absolute Gasteiger partial charge is 0.406 e. The topological polar surface area (TPSA) is 112 Å². The first-order valence-electron chi connectivity index (χ1n) is 8.59. The van der Waals surface area contributed by atoms with Gasteiger partial charge in [-0.15, -0.1) is 0 Å². The van der Waals surface area contributed by atoms with Gasteiger partial charge < -0.3 is 19.5 Å². The third-order valence-corrected chi connectivity index (χ3v) is 4.74. The number of oxazole rings is 1. The van der Waals surface area contributed by atoms with Crippen LogP contribution in [0, 0.1) is 0 Å². The summed E-state index contributed by atoms with van der Waals surface area (Å²) in [6.07, 6.45) is 1.34. The molecule has 9 nitrogen and oxygen atoms in total. The predicted molar refractivity (Wildman–Crippen MR) is 104 cm³/mol. The molecule has 2 N–H and O–H groups in total. The number of aromatic amines is 1. The number of rotatable bonds is 2. The summed E-state index contributed by atoms with van der Waals surface area (Å²) in [6, 6.07) is 8.92. The lowest BCUT2D eigenvalue weighted by Crippen LogP contribution is -2.51. The quantitative estimate of drug-likeness (QED) is 0.629. The van der Waals surface area contributed by atoms with Gasteiger partial charge in [-0.2, -0.15) is 0 Å². The number of carbonyl (C=O) groups excluding carboxylic acids is 2. The van der Waals surface area contributed by atoms with Crippen molar-refractivity contribution >= 4 is 46.0 Å². The van der Waals surface area contributed by atoms with Crippen molar-refractivity contribution in [2.75, 3.05) is 36.4 Å². The number of halogens is 1. The zero-order valence-electron chi connectivity index (χ0n) is 14.6. The number of hydrogen-bond acceptors (Lipinski definition) is 6. The molecule has 1 aliphatic rings. The average molecular weight is 402 g/mol. The first-order valence-corrected chi connectivity index (χ1v) is 8.97. The maximum absolute atomic E-state index is 12.4. The van der Waals surface area contributed by atoms with Crippen molar-refractivity contribution < 1.29 is 14.0 Å². The molecule has 2 aromatic heterocycles. The van der Waals surface area contributed by atoms with Crippen molar-refractivity contribution in [2.45, 2.75) is 0 Å². The molecule has 1 saturated heterocycles. The molecule has 3 heterocycles. The Morgan fingerprint density at radius 3 is 2.57 bits per heavy atom. The number of H-pyrrole nitrogens is 1. The number of carbonyl (C=O) groups is 2. The van der Waals surface area contributed by atoms with Crippen LogP contribution in [0.15, 0.2) is 45.7 Å². The molecule has 2 amide bonds. The van der Waals surface area contributed by atoms with Crippen molar-refractivity contribution in [1.82, 2.24) is 14.9 Å². The van der Waals surface area contributed by atoms with Gasteiger partial charge in [-0.3, -0.25) is 14.6 Å². The van der Waals surface area contributed by atoms with Gasteiger partial charge in [0.15, 0.2) is 11.2 Å². The largest absolute Gasteiger partial charge is 0.418 e. The van der Waals surface area contributed by atoms with E-state index in [-0.39, 0.29) is 16.9 Å². The summed E-state index contributed by atoms with van der Waals surface area (Å²) in [7, 11) is 0. The Labute approximate surface area is 163 Å². The summed E-state index contributed by atoms with van der Waals surface area (Å²) in [4.78, 5) is 45.9. The van der Waals surface area contributed by atoms with Gasteiger partial charge in [-0.25, -0.2) is 9.78 Å². The molecule has 0 aliphatic carbocycles. The van der Waals surface area contributed by atoms with E-state index in [1.807, 2.05) is 24.3 Å². The number of anilines is 2. The molecule has 144 valence electrons. The Hall–Kier alpha value is -3.33. The van der Waals surface area contributed by atoms with Crippen LogP contribution in [0.3, 0.4) is 0 Å². The van der Waals surface area contributed by atoms with Crippen LogP contribution in [-0.2, 0) is 9.59 Å². The molecule has 0 unspecified atom stereocenters. The van der Waals surface area contributed by atoms with Crippen LogP contribution in [-0.4, -0.2) is 52.9 Å². The number of pyridine rings is 1. The zero-order valence-corrected chi connectivity index (χ0v) is 15.4. The fourth-order valence-corrected chi connectivity index (χ4v) is 3.18. The lowest BCUT2D eigenvalue weighted by molar-refractivity contribution is -0.143. The van der Waals surface area contributed by atoms with E-state index in [1.165, 1.54) is 17.2 Å². The van der Waals surface area contributed by atoms with E-state index in [1.54, 1.807) is 0 Å². The maximum Gasteiger partial charge on any atom is 0.418 e. The number of amides is 2. The normalized spacial score (nSPS) is 14.3. The summed E-state index contributed by atoms with van der Waals surface area (Å²) in [6.45, 7) is 2.09. The molecule has 0 bridgehead atoms. The summed E-state index contributed by atoms with van der Waals surface area (Å²) in [5, 5.41) is 3.16. The van der Waals surface area contributed by atoms with E-state index >= 15 is 0 Å². The minimum Gasteiger partial charge on any atom is -0.406 e. The number of hydrogen-bond donors (Lipinski definition) is 2. The number of aromatic nitrogens is 2. The Kier molecular flexibility index (Phi) is 4.74. The summed E-state index contributed by atoms with van der Waals surface area (Å²) in [5.74, 6) is -2.02. The number of nitrogens with one attached hydrogen (secondary N) is 2. The third kappa shape index (κ3) is 3.70. The van der Waals surface area contributed by atoms with Crippen LogP contribution in [0.2, 0.25) is 5.02 Å². The second-order valence-electron chi connectivity index (χ2n) is 6.30. The summed E-state index contributed by atoms with van der Waals surface area (Å²) >= 11 is 5.91. The highest BCUT2D eigenvalue weighted by Crippen LogP contribution is 2.20. The molecule has 28 heavy (non-hydrogen) atoms. The van der Waals surface area contributed by atoms with Gasteiger partial charge >= 0.3 is 17.6 Å². The molecule has 4 rings (SSSR count). The molecule has 10 heteroatoms. The summed E-state index contributed by atoms with van der Waals surface area (Å²) < 4.78 is 4.89. The molecular formula is C18H16ClN5O4. The van der Waals surface area contributed by atoms with E-state index in [9.17, 15) is 14.4 Å². The standard InChI is InChI=1S/C18H16ClN5O4/c19-11-1-3-13(4-2-11)23-5-7-24(8-6-23)17(26)16(25)21-12-9-14-15(20-10-12)22-18(27)28-14/h1-4,9-10H,5-8H2,(H,21,25)(H,20,22,27). The second kappa shape index (κ2) is 7.35. The predicted octanol–water partition coefficient (Wildman–Crippen LogP) is 1.46. The first-order chi connectivity index (χ1) is 13.5. The SMILES string of the molecule is O=C(Nc1cnc2[nH]c(=O)oc2c1)C(=O)N1CCN(c2ccc(Cl)cc2)CC1. The van der Waals surface area contributed by atoms with Crippen LogP contribution >= 0.6 is 11.6 Å². The van der Waals surface area contributed by atoms with E-state index in [0.717, 1.165) is 5.69 Å². The van der Waals surface area contributed by atoms with Gasteiger partial charge in [0.1, 0.15) is 0 Å². The van der Waals surface area contributed by atoms with Gasteiger partial charge in [0.25, 0.3) is 0 Å². The Morgan fingerprint density at radius 2 is 1.86 bits per heavy atom. The van der Waals surface area contributed by atoms with Crippen LogP contribution in [0.4, 0.5) is 11.4 Å². The molecule has 0 spiro atoms. The van der Waals surface area contributed by atoms with E-state index < -0.39 is 17.6 Å². The average Bonchev–Trinajstić information content (AvgIpc) is 3.07. The number of piperazine rings is 1. The van der Waals surface area contributed by atoms with Crippen LogP contribution < -0.4 is 16.0 Å². The Morgan fingerprint density at radius 1 is 1.14 bits per heavy atom. The van der Waals surface area contributed by atoms with Crippen molar-refractivity contribution in [3.63, 3.8) is 0 Å². The van der Waals surface area contributed by atoms with Gasteiger partial charge in [0.05, 0.1) is 11.9 Å². The van der Waals surface area contributed by atoms with Gasteiger partial charge in [0.2, 0.25) is 0 Å². The molecule has 3 aromatic rings. The number of nitrogens with zero attached hydrogens (tertiary/aromatic N) is 3. The van der Waals surface area contributed by atoms with E-state index in [4.69, 9.17) is 16.0 Å². The van der Waals surface area contributed by atoms with Gasteiger partial charge in [0, 0.05) is 43.0 Å². The minimum atomic E-state index is -0.765. The minimum absolute atomic E-state index is 0.201. The molecule has 1 aliphatic heterocycles.